The first-order chi connectivity index (χ1) is 13.0. The average molecular weight is 362 g/mol. The number of tetrazole rings is 1. The third kappa shape index (κ3) is 3.19. The summed E-state index contributed by atoms with van der Waals surface area (Å²) in [7, 11) is 0. The zero-order chi connectivity index (χ0) is 19.0. The molecule has 0 unspecified atom stereocenters. The minimum atomic E-state index is -0.486. The van der Waals surface area contributed by atoms with Gasteiger partial charge in [0, 0.05) is 23.1 Å². The van der Waals surface area contributed by atoms with E-state index >= 15 is 0 Å². The molecular weight excluding hydrogens is 344 g/mol. The second-order valence-electron chi connectivity index (χ2n) is 6.38. The summed E-state index contributed by atoms with van der Waals surface area (Å²) in [5.74, 6) is 0.651. The third-order valence-corrected chi connectivity index (χ3v) is 4.56. The fourth-order valence-electron chi connectivity index (χ4n) is 3.12. The van der Waals surface area contributed by atoms with Gasteiger partial charge < -0.3 is 9.52 Å². The molecule has 0 atom stereocenters. The molecule has 27 heavy (non-hydrogen) atoms. The van der Waals surface area contributed by atoms with Gasteiger partial charge in [-0.05, 0) is 41.3 Å². The zero-order valence-corrected chi connectivity index (χ0v) is 15.0. The van der Waals surface area contributed by atoms with Crippen LogP contribution in [-0.4, -0.2) is 25.3 Å². The maximum absolute atomic E-state index is 11.9. The van der Waals surface area contributed by atoms with Gasteiger partial charge in [-0.2, -0.15) is 4.80 Å². The molecule has 0 aliphatic heterocycles. The molecule has 0 radical (unpaired) electrons. The maximum Gasteiger partial charge on any atom is 0.336 e. The van der Waals surface area contributed by atoms with Gasteiger partial charge in [-0.3, -0.25) is 0 Å². The number of hydrogen-bond donors (Lipinski definition) is 1. The molecule has 4 aromatic rings. The van der Waals surface area contributed by atoms with Crippen molar-refractivity contribution in [2.75, 3.05) is 0 Å². The number of hydrogen-bond acceptors (Lipinski definition) is 6. The van der Waals surface area contributed by atoms with Crippen LogP contribution < -0.4 is 5.63 Å². The van der Waals surface area contributed by atoms with Crippen LogP contribution in [0, 0.1) is 6.92 Å². The van der Waals surface area contributed by atoms with Crippen LogP contribution in [0.3, 0.4) is 0 Å². The van der Waals surface area contributed by atoms with E-state index in [0.29, 0.717) is 23.4 Å². The van der Waals surface area contributed by atoms with Crippen molar-refractivity contribution in [1.29, 1.82) is 0 Å². The first-order valence-electron chi connectivity index (χ1n) is 8.67. The highest BCUT2D eigenvalue weighted by Gasteiger charge is 2.13. The molecule has 0 fully saturated rings. The molecule has 0 aliphatic rings. The van der Waals surface area contributed by atoms with E-state index in [1.807, 2.05) is 44.2 Å². The quantitative estimate of drug-likeness (QED) is 0.561. The Bertz CT molecular complexity index is 1190. The van der Waals surface area contributed by atoms with Gasteiger partial charge >= 0.3 is 5.63 Å². The van der Waals surface area contributed by atoms with E-state index in [4.69, 9.17) is 4.42 Å². The predicted octanol–water partition coefficient (Wildman–Crippen LogP) is 3.07. The molecule has 0 amide bonds. The average Bonchev–Trinajstić information content (AvgIpc) is 3.09. The molecule has 0 aliphatic carbocycles. The Kier molecular flexibility index (Phi) is 4.19. The summed E-state index contributed by atoms with van der Waals surface area (Å²) in [5, 5.41) is 23.5. The molecule has 136 valence electrons. The van der Waals surface area contributed by atoms with E-state index in [9.17, 15) is 9.90 Å². The lowest BCUT2D eigenvalue weighted by Crippen LogP contribution is -2.08. The van der Waals surface area contributed by atoms with Crippen LogP contribution in [0.4, 0.5) is 0 Å². The van der Waals surface area contributed by atoms with Crippen molar-refractivity contribution < 1.29 is 9.52 Å². The van der Waals surface area contributed by atoms with E-state index in [0.717, 1.165) is 22.1 Å². The number of aryl methyl sites for hydroxylation is 2. The van der Waals surface area contributed by atoms with Gasteiger partial charge in [-0.15, -0.1) is 10.2 Å². The van der Waals surface area contributed by atoms with E-state index in [-0.39, 0.29) is 12.3 Å². The number of benzene rings is 2. The van der Waals surface area contributed by atoms with E-state index < -0.39 is 5.63 Å². The normalized spacial score (nSPS) is 11.2. The summed E-state index contributed by atoms with van der Waals surface area (Å²) in [6, 6.07) is 12.6. The maximum atomic E-state index is 11.9. The van der Waals surface area contributed by atoms with Crippen LogP contribution in [0.2, 0.25) is 0 Å². The van der Waals surface area contributed by atoms with Crippen molar-refractivity contribution in [2.24, 2.45) is 0 Å². The highest BCUT2D eigenvalue weighted by atomic mass is 16.4. The van der Waals surface area contributed by atoms with Crippen LogP contribution >= 0.6 is 0 Å². The van der Waals surface area contributed by atoms with Crippen LogP contribution in [0.5, 0.6) is 5.75 Å². The number of fused-ring (bicyclic) bond motifs is 1. The summed E-state index contributed by atoms with van der Waals surface area (Å²) in [4.78, 5) is 13.4. The molecule has 7 heteroatoms. The lowest BCUT2D eigenvalue weighted by Gasteiger charge is -2.08. The number of aromatic nitrogens is 4. The minimum Gasteiger partial charge on any atom is -0.508 e. The molecule has 0 saturated heterocycles. The van der Waals surface area contributed by atoms with Crippen molar-refractivity contribution in [3.63, 3.8) is 0 Å². The lowest BCUT2D eigenvalue weighted by molar-refractivity contribution is 0.466. The Hall–Kier alpha value is -3.48. The summed E-state index contributed by atoms with van der Waals surface area (Å²) in [5.41, 5.74) is 3.33. The first kappa shape index (κ1) is 17.0. The third-order valence-electron chi connectivity index (χ3n) is 4.56. The molecular formula is C20H18N4O3. The van der Waals surface area contributed by atoms with Gasteiger partial charge in [0.1, 0.15) is 11.3 Å². The molecule has 1 N–H and O–H groups in total. The highest BCUT2D eigenvalue weighted by molar-refractivity contribution is 5.82. The molecule has 0 saturated carbocycles. The Balaban J connectivity index is 1.76. The van der Waals surface area contributed by atoms with Crippen molar-refractivity contribution in [2.45, 2.75) is 26.8 Å². The van der Waals surface area contributed by atoms with Gasteiger partial charge in [0.2, 0.25) is 5.82 Å². The predicted molar refractivity (Wildman–Crippen MR) is 101 cm³/mol. The summed E-state index contributed by atoms with van der Waals surface area (Å²) in [6.07, 6.45) is 0.666. The zero-order valence-electron chi connectivity index (χ0n) is 15.0. The van der Waals surface area contributed by atoms with Gasteiger partial charge in [0.15, 0.2) is 0 Å². The minimum absolute atomic E-state index is 0.117. The SMILES string of the molecule is CCc1cc2c(Cn3nnc(-c4ccccc4C)n3)cc(=O)oc2cc1O. The standard InChI is InChI=1S/C20H18N4O3/c1-3-13-8-16-14(9-19(26)27-18(16)10-17(13)25)11-24-22-20(21-23-24)15-7-5-4-6-12(15)2/h4-10,25H,3,11H2,1-2H3. The number of nitrogens with zero attached hydrogens (tertiary/aromatic N) is 4. The molecule has 0 spiro atoms. The van der Waals surface area contributed by atoms with Crippen molar-refractivity contribution >= 4 is 11.0 Å². The first-order valence-corrected chi connectivity index (χ1v) is 8.67. The topological polar surface area (TPSA) is 94.0 Å². The van der Waals surface area contributed by atoms with Gasteiger partial charge in [-0.1, -0.05) is 31.2 Å². The second-order valence-corrected chi connectivity index (χ2v) is 6.38. The smallest absolute Gasteiger partial charge is 0.336 e. The van der Waals surface area contributed by atoms with Crippen LogP contribution in [-0.2, 0) is 13.0 Å². The Morgan fingerprint density at radius 3 is 2.74 bits per heavy atom. The second kappa shape index (κ2) is 6.68. The molecule has 0 bridgehead atoms. The van der Waals surface area contributed by atoms with E-state index in [2.05, 4.69) is 15.4 Å². The van der Waals surface area contributed by atoms with E-state index in [1.165, 1.54) is 16.9 Å². The number of phenols is 1. The van der Waals surface area contributed by atoms with Crippen LogP contribution in [0.25, 0.3) is 22.4 Å². The van der Waals surface area contributed by atoms with Crippen molar-refractivity contribution in [3.05, 3.63) is 69.6 Å². The Labute approximate surface area is 154 Å². The monoisotopic (exact) mass is 362 g/mol. The Morgan fingerprint density at radius 1 is 1.15 bits per heavy atom. The highest BCUT2D eigenvalue weighted by Crippen LogP contribution is 2.27. The lowest BCUT2D eigenvalue weighted by atomic mass is 10.0. The molecule has 7 nitrogen and oxygen atoms in total. The summed E-state index contributed by atoms with van der Waals surface area (Å²) in [6.45, 7) is 4.22. The molecule has 2 aromatic carbocycles. The van der Waals surface area contributed by atoms with Crippen LogP contribution in [0.1, 0.15) is 23.6 Å². The van der Waals surface area contributed by atoms with Crippen molar-refractivity contribution in [1.82, 2.24) is 20.2 Å². The van der Waals surface area contributed by atoms with Gasteiger partial charge in [0.05, 0.1) is 6.54 Å². The fraction of sp³-hybridized carbons (Fsp3) is 0.200. The van der Waals surface area contributed by atoms with Gasteiger partial charge in [-0.25, -0.2) is 4.79 Å². The molecule has 4 rings (SSSR count). The largest absolute Gasteiger partial charge is 0.508 e. The van der Waals surface area contributed by atoms with E-state index in [1.54, 1.807) is 0 Å². The summed E-state index contributed by atoms with van der Waals surface area (Å²) < 4.78 is 5.23. The molecule has 2 aromatic heterocycles. The van der Waals surface area contributed by atoms with Crippen LogP contribution in [0.15, 0.2) is 51.7 Å². The van der Waals surface area contributed by atoms with Crippen molar-refractivity contribution in [3.8, 4) is 17.1 Å². The number of aromatic hydroxyl groups is 1. The fourth-order valence-corrected chi connectivity index (χ4v) is 3.12. The molecule has 2 heterocycles. The number of rotatable bonds is 4. The number of phenolic OH excluding ortho intramolecular Hbond substituents is 1. The summed E-state index contributed by atoms with van der Waals surface area (Å²) >= 11 is 0. The van der Waals surface area contributed by atoms with Gasteiger partial charge in [0.25, 0.3) is 0 Å². The Morgan fingerprint density at radius 2 is 1.96 bits per heavy atom.